The van der Waals surface area contributed by atoms with Crippen molar-refractivity contribution < 1.29 is 13.2 Å². The lowest BCUT2D eigenvalue weighted by atomic mass is 10.2. The van der Waals surface area contributed by atoms with Crippen molar-refractivity contribution in [2.24, 2.45) is 0 Å². The molecule has 2 rings (SSSR count). The zero-order valence-corrected chi connectivity index (χ0v) is 7.91. The second-order valence-electron chi connectivity index (χ2n) is 3.11. The molecule has 2 aromatic rings. The van der Waals surface area contributed by atoms with Gasteiger partial charge in [-0.25, -0.2) is 4.68 Å². The third kappa shape index (κ3) is 1.67. The number of hydrogen-bond donors (Lipinski definition) is 0. The molecule has 6 heteroatoms. The highest BCUT2D eigenvalue weighted by molar-refractivity contribution is 5.75. The molecule has 80 valence electrons. The lowest BCUT2D eigenvalue weighted by Gasteiger charge is -2.05. The van der Waals surface area contributed by atoms with Crippen LogP contribution in [0.15, 0.2) is 18.2 Å². The Labute approximate surface area is 83.5 Å². The van der Waals surface area contributed by atoms with Gasteiger partial charge in [0.15, 0.2) is 0 Å². The Bertz CT molecular complexity index is 487. The van der Waals surface area contributed by atoms with Crippen molar-refractivity contribution in [2.45, 2.75) is 19.6 Å². The van der Waals surface area contributed by atoms with Crippen molar-refractivity contribution in [1.82, 2.24) is 15.0 Å². The van der Waals surface area contributed by atoms with Crippen molar-refractivity contribution in [3.8, 4) is 0 Å². The van der Waals surface area contributed by atoms with Crippen LogP contribution in [0.3, 0.4) is 0 Å². The summed E-state index contributed by atoms with van der Waals surface area (Å²) in [5.74, 6) is 0. The van der Waals surface area contributed by atoms with Gasteiger partial charge in [0.05, 0.1) is 11.1 Å². The predicted molar refractivity (Wildman–Crippen MR) is 48.2 cm³/mol. The molecular formula is C9H8F3N3. The molecule has 0 saturated carbocycles. The Morgan fingerprint density at radius 2 is 2.07 bits per heavy atom. The van der Waals surface area contributed by atoms with Gasteiger partial charge in [0, 0.05) is 6.54 Å². The quantitative estimate of drug-likeness (QED) is 0.731. The Morgan fingerprint density at radius 1 is 1.33 bits per heavy atom. The minimum atomic E-state index is -4.33. The summed E-state index contributed by atoms with van der Waals surface area (Å²) in [5, 5.41) is 7.41. The summed E-state index contributed by atoms with van der Waals surface area (Å²) in [5.41, 5.74) is 0.190. The molecule has 3 nitrogen and oxygen atoms in total. The van der Waals surface area contributed by atoms with Gasteiger partial charge >= 0.3 is 6.18 Å². The van der Waals surface area contributed by atoms with Gasteiger partial charge in [0.25, 0.3) is 0 Å². The fraction of sp³-hybridized carbons (Fsp3) is 0.333. The molecule has 0 radical (unpaired) electrons. The SMILES string of the molecule is CCn1nnc2cc(C(F)(F)F)ccc21. The van der Waals surface area contributed by atoms with Crippen molar-refractivity contribution in [2.75, 3.05) is 0 Å². The van der Waals surface area contributed by atoms with E-state index in [0.29, 0.717) is 12.1 Å². The molecule has 0 amide bonds. The molecule has 0 spiro atoms. The Balaban J connectivity index is 2.58. The zero-order chi connectivity index (χ0) is 11.1. The summed E-state index contributed by atoms with van der Waals surface area (Å²) in [4.78, 5) is 0. The van der Waals surface area contributed by atoms with Crippen molar-refractivity contribution >= 4 is 11.0 Å². The third-order valence-electron chi connectivity index (χ3n) is 2.14. The van der Waals surface area contributed by atoms with Crippen LogP contribution in [0.4, 0.5) is 13.2 Å². The maximum absolute atomic E-state index is 12.3. The van der Waals surface area contributed by atoms with E-state index >= 15 is 0 Å². The van der Waals surface area contributed by atoms with Crippen LogP contribution >= 0.6 is 0 Å². The Kier molecular flexibility index (Phi) is 2.13. The van der Waals surface area contributed by atoms with Crippen molar-refractivity contribution in [1.29, 1.82) is 0 Å². The largest absolute Gasteiger partial charge is 0.416 e. The lowest BCUT2D eigenvalue weighted by Crippen LogP contribution is -2.04. The van der Waals surface area contributed by atoms with Crippen LogP contribution in [-0.2, 0) is 12.7 Å². The van der Waals surface area contributed by atoms with E-state index in [-0.39, 0.29) is 5.52 Å². The molecule has 0 bridgehead atoms. The van der Waals surface area contributed by atoms with E-state index in [4.69, 9.17) is 0 Å². The topological polar surface area (TPSA) is 30.7 Å². The van der Waals surface area contributed by atoms with Crippen LogP contribution in [0.1, 0.15) is 12.5 Å². The second-order valence-corrected chi connectivity index (χ2v) is 3.11. The molecule has 0 saturated heterocycles. The van der Waals surface area contributed by atoms with E-state index in [1.807, 2.05) is 6.92 Å². The Hall–Kier alpha value is -1.59. The number of rotatable bonds is 1. The zero-order valence-electron chi connectivity index (χ0n) is 7.91. The Morgan fingerprint density at radius 3 is 2.67 bits per heavy atom. The summed E-state index contributed by atoms with van der Waals surface area (Å²) in [7, 11) is 0. The van der Waals surface area contributed by atoms with Gasteiger partial charge in [-0.15, -0.1) is 5.10 Å². The standard InChI is InChI=1S/C9H8F3N3/c1-2-15-8-4-3-6(9(10,11)12)5-7(8)13-14-15/h3-5H,2H2,1H3. The van der Waals surface area contributed by atoms with Crippen LogP contribution in [0, 0.1) is 0 Å². The number of aromatic nitrogens is 3. The van der Waals surface area contributed by atoms with Crippen LogP contribution in [0.2, 0.25) is 0 Å². The summed E-state index contributed by atoms with van der Waals surface area (Å²) in [6, 6.07) is 3.44. The number of aryl methyl sites for hydroxylation is 1. The van der Waals surface area contributed by atoms with Crippen LogP contribution in [-0.4, -0.2) is 15.0 Å². The number of halogens is 3. The van der Waals surface area contributed by atoms with E-state index in [9.17, 15) is 13.2 Å². The first-order valence-corrected chi connectivity index (χ1v) is 4.43. The first kappa shape index (κ1) is 9.95. The first-order valence-electron chi connectivity index (χ1n) is 4.43. The molecule has 1 heterocycles. The van der Waals surface area contributed by atoms with Crippen molar-refractivity contribution in [3.05, 3.63) is 23.8 Å². The van der Waals surface area contributed by atoms with Gasteiger partial charge in [-0.3, -0.25) is 0 Å². The van der Waals surface area contributed by atoms with Gasteiger partial charge < -0.3 is 0 Å². The molecule has 0 aliphatic heterocycles. The first-order chi connectivity index (χ1) is 7.02. The fourth-order valence-corrected chi connectivity index (χ4v) is 1.38. The number of benzene rings is 1. The molecule has 0 atom stereocenters. The van der Waals surface area contributed by atoms with Crippen LogP contribution in [0.5, 0.6) is 0 Å². The minimum Gasteiger partial charge on any atom is -0.245 e. The van der Waals surface area contributed by atoms with E-state index < -0.39 is 11.7 Å². The molecule has 15 heavy (non-hydrogen) atoms. The summed E-state index contributed by atoms with van der Waals surface area (Å²) >= 11 is 0. The highest BCUT2D eigenvalue weighted by Crippen LogP contribution is 2.30. The van der Waals surface area contributed by atoms with E-state index in [2.05, 4.69) is 10.3 Å². The maximum atomic E-state index is 12.3. The molecule has 1 aromatic carbocycles. The van der Waals surface area contributed by atoms with Gasteiger partial charge in [-0.05, 0) is 25.1 Å². The molecule has 0 aliphatic rings. The summed E-state index contributed by atoms with van der Waals surface area (Å²) in [6.45, 7) is 2.44. The summed E-state index contributed by atoms with van der Waals surface area (Å²) in [6.07, 6.45) is -4.33. The molecular weight excluding hydrogens is 207 g/mol. The predicted octanol–water partition coefficient (Wildman–Crippen LogP) is 2.47. The van der Waals surface area contributed by atoms with Crippen molar-refractivity contribution in [3.63, 3.8) is 0 Å². The molecule has 0 N–H and O–H groups in total. The number of fused-ring (bicyclic) bond motifs is 1. The number of hydrogen-bond acceptors (Lipinski definition) is 2. The molecule has 0 fully saturated rings. The van der Waals surface area contributed by atoms with Gasteiger partial charge in [0.2, 0.25) is 0 Å². The summed E-state index contributed by atoms with van der Waals surface area (Å²) < 4.78 is 38.6. The van der Waals surface area contributed by atoms with E-state index in [1.165, 1.54) is 6.07 Å². The normalized spacial score (nSPS) is 12.3. The molecule has 0 unspecified atom stereocenters. The van der Waals surface area contributed by atoms with Crippen LogP contribution in [0.25, 0.3) is 11.0 Å². The highest BCUT2D eigenvalue weighted by atomic mass is 19.4. The third-order valence-corrected chi connectivity index (χ3v) is 2.14. The van der Waals surface area contributed by atoms with E-state index in [0.717, 1.165) is 12.1 Å². The van der Waals surface area contributed by atoms with E-state index in [1.54, 1.807) is 4.68 Å². The highest BCUT2D eigenvalue weighted by Gasteiger charge is 2.30. The average molecular weight is 215 g/mol. The van der Waals surface area contributed by atoms with Crippen LogP contribution < -0.4 is 0 Å². The number of alkyl halides is 3. The smallest absolute Gasteiger partial charge is 0.245 e. The molecule has 0 aliphatic carbocycles. The number of nitrogens with zero attached hydrogens (tertiary/aromatic N) is 3. The second kappa shape index (κ2) is 3.22. The maximum Gasteiger partial charge on any atom is 0.416 e. The lowest BCUT2D eigenvalue weighted by molar-refractivity contribution is -0.137. The monoisotopic (exact) mass is 215 g/mol. The van der Waals surface area contributed by atoms with Gasteiger partial charge in [-0.2, -0.15) is 13.2 Å². The molecule has 1 aromatic heterocycles. The average Bonchev–Trinajstić information content (AvgIpc) is 2.58. The minimum absolute atomic E-state index is 0.270. The van der Waals surface area contributed by atoms with Gasteiger partial charge in [0.1, 0.15) is 5.52 Å². The van der Waals surface area contributed by atoms with Gasteiger partial charge in [-0.1, -0.05) is 5.21 Å². The fourth-order valence-electron chi connectivity index (χ4n) is 1.38.